The SMILES string of the molecule is N#Cc1cccc(C#N)c1NCCCN1CCc2ccccc2C1. The summed E-state index contributed by atoms with van der Waals surface area (Å²) < 4.78 is 0. The van der Waals surface area contributed by atoms with Gasteiger partial charge in [0, 0.05) is 26.2 Å². The number of hydrogen-bond acceptors (Lipinski definition) is 4. The summed E-state index contributed by atoms with van der Waals surface area (Å²) in [6.07, 6.45) is 2.09. The number of nitriles is 2. The van der Waals surface area contributed by atoms with E-state index in [0.29, 0.717) is 16.8 Å². The first-order valence-corrected chi connectivity index (χ1v) is 8.28. The van der Waals surface area contributed by atoms with Crippen LogP contribution >= 0.6 is 0 Å². The molecule has 0 saturated carbocycles. The van der Waals surface area contributed by atoms with Gasteiger partial charge >= 0.3 is 0 Å². The molecule has 0 fully saturated rings. The average molecular weight is 316 g/mol. The zero-order valence-electron chi connectivity index (χ0n) is 13.6. The average Bonchev–Trinajstić information content (AvgIpc) is 2.64. The molecule has 1 heterocycles. The highest BCUT2D eigenvalue weighted by Gasteiger charge is 2.15. The number of nitrogens with one attached hydrogen (secondary N) is 1. The maximum atomic E-state index is 9.18. The molecule has 0 unspecified atom stereocenters. The fourth-order valence-corrected chi connectivity index (χ4v) is 3.19. The zero-order chi connectivity index (χ0) is 16.8. The fraction of sp³-hybridized carbons (Fsp3) is 0.300. The van der Waals surface area contributed by atoms with E-state index >= 15 is 0 Å². The van der Waals surface area contributed by atoms with Crippen molar-refractivity contribution in [1.82, 2.24) is 4.90 Å². The van der Waals surface area contributed by atoms with Gasteiger partial charge in [-0.2, -0.15) is 10.5 Å². The number of hydrogen-bond donors (Lipinski definition) is 1. The molecule has 2 aromatic carbocycles. The number of nitrogens with zero attached hydrogens (tertiary/aromatic N) is 3. The van der Waals surface area contributed by atoms with Gasteiger partial charge in [-0.3, -0.25) is 4.90 Å². The van der Waals surface area contributed by atoms with Crippen molar-refractivity contribution in [1.29, 1.82) is 10.5 Å². The summed E-state index contributed by atoms with van der Waals surface area (Å²) in [4.78, 5) is 2.46. The molecule has 0 spiro atoms. The third-order valence-corrected chi connectivity index (χ3v) is 4.47. The molecular formula is C20H20N4. The van der Waals surface area contributed by atoms with Gasteiger partial charge in [0.1, 0.15) is 12.1 Å². The van der Waals surface area contributed by atoms with Gasteiger partial charge in [0.15, 0.2) is 0 Å². The minimum Gasteiger partial charge on any atom is -0.383 e. The molecule has 0 aromatic heterocycles. The molecule has 120 valence electrons. The van der Waals surface area contributed by atoms with Crippen LogP contribution in [-0.2, 0) is 13.0 Å². The molecule has 24 heavy (non-hydrogen) atoms. The summed E-state index contributed by atoms with van der Waals surface area (Å²) in [7, 11) is 0. The molecule has 0 aliphatic carbocycles. The lowest BCUT2D eigenvalue weighted by molar-refractivity contribution is 0.253. The highest BCUT2D eigenvalue weighted by atomic mass is 15.1. The first kappa shape index (κ1) is 16.1. The van der Waals surface area contributed by atoms with Crippen molar-refractivity contribution in [2.45, 2.75) is 19.4 Å². The van der Waals surface area contributed by atoms with Crippen LogP contribution in [0.4, 0.5) is 5.69 Å². The van der Waals surface area contributed by atoms with Crippen LogP contribution in [0.15, 0.2) is 42.5 Å². The van der Waals surface area contributed by atoms with Gasteiger partial charge in [0.25, 0.3) is 0 Å². The zero-order valence-corrected chi connectivity index (χ0v) is 13.6. The molecule has 1 aliphatic rings. The molecule has 3 rings (SSSR count). The van der Waals surface area contributed by atoms with Crippen LogP contribution < -0.4 is 5.32 Å². The van der Waals surface area contributed by atoms with Gasteiger partial charge < -0.3 is 5.32 Å². The van der Waals surface area contributed by atoms with E-state index in [1.54, 1.807) is 18.2 Å². The normalized spacial score (nSPS) is 13.6. The van der Waals surface area contributed by atoms with Crippen molar-refractivity contribution in [3.63, 3.8) is 0 Å². The molecule has 4 nitrogen and oxygen atoms in total. The highest BCUT2D eigenvalue weighted by Crippen LogP contribution is 2.21. The van der Waals surface area contributed by atoms with E-state index in [1.165, 1.54) is 11.1 Å². The molecule has 2 aromatic rings. The maximum Gasteiger partial charge on any atom is 0.101 e. The van der Waals surface area contributed by atoms with Crippen LogP contribution in [-0.4, -0.2) is 24.5 Å². The lowest BCUT2D eigenvalue weighted by atomic mass is 10.00. The Morgan fingerprint density at radius 1 is 0.958 bits per heavy atom. The first-order chi connectivity index (χ1) is 11.8. The van der Waals surface area contributed by atoms with E-state index in [9.17, 15) is 10.5 Å². The number of fused-ring (bicyclic) bond motifs is 1. The van der Waals surface area contributed by atoms with E-state index in [4.69, 9.17) is 0 Å². The van der Waals surface area contributed by atoms with Gasteiger partial charge in [0.05, 0.1) is 16.8 Å². The molecule has 1 N–H and O–H groups in total. The van der Waals surface area contributed by atoms with Crippen LogP contribution in [0.25, 0.3) is 0 Å². The molecular weight excluding hydrogens is 296 g/mol. The van der Waals surface area contributed by atoms with Crippen molar-refractivity contribution in [3.05, 3.63) is 64.7 Å². The molecule has 0 bridgehead atoms. The molecule has 0 saturated heterocycles. The van der Waals surface area contributed by atoms with Crippen molar-refractivity contribution < 1.29 is 0 Å². The molecule has 0 atom stereocenters. The predicted molar refractivity (Wildman–Crippen MR) is 94.4 cm³/mol. The van der Waals surface area contributed by atoms with E-state index < -0.39 is 0 Å². The maximum absolute atomic E-state index is 9.18. The number of para-hydroxylation sites is 1. The van der Waals surface area contributed by atoms with Crippen molar-refractivity contribution in [3.8, 4) is 12.1 Å². The second-order valence-electron chi connectivity index (χ2n) is 6.03. The van der Waals surface area contributed by atoms with E-state index in [0.717, 1.165) is 39.0 Å². The van der Waals surface area contributed by atoms with Crippen LogP contribution in [0.1, 0.15) is 28.7 Å². The van der Waals surface area contributed by atoms with Crippen molar-refractivity contribution >= 4 is 5.69 Å². The Morgan fingerprint density at radius 2 is 1.67 bits per heavy atom. The smallest absolute Gasteiger partial charge is 0.101 e. The molecule has 4 heteroatoms. The van der Waals surface area contributed by atoms with Crippen molar-refractivity contribution in [2.24, 2.45) is 0 Å². The van der Waals surface area contributed by atoms with Crippen LogP contribution in [0.3, 0.4) is 0 Å². The summed E-state index contributed by atoms with van der Waals surface area (Å²) in [5, 5.41) is 21.6. The quantitative estimate of drug-likeness (QED) is 0.860. The van der Waals surface area contributed by atoms with Crippen LogP contribution in [0, 0.1) is 22.7 Å². The lowest BCUT2D eigenvalue weighted by Crippen LogP contribution is -2.32. The van der Waals surface area contributed by atoms with Gasteiger partial charge in [-0.15, -0.1) is 0 Å². The fourth-order valence-electron chi connectivity index (χ4n) is 3.19. The van der Waals surface area contributed by atoms with Crippen LogP contribution in [0.5, 0.6) is 0 Å². The van der Waals surface area contributed by atoms with E-state index in [2.05, 4.69) is 46.6 Å². The Bertz CT molecular complexity index is 766. The third kappa shape index (κ3) is 3.56. The largest absolute Gasteiger partial charge is 0.383 e. The van der Waals surface area contributed by atoms with Gasteiger partial charge in [0.2, 0.25) is 0 Å². The minimum atomic E-state index is 0.529. The number of rotatable bonds is 5. The second kappa shape index (κ2) is 7.64. The van der Waals surface area contributed by atoms with Gasteiger partial charge in [-0.05, 0) is 36.1 Å². The second-order valence-corrected chi connectivity index (χ2v) is 6.03. The summed E-state index contributed by atoms with van der Waals surface area (Å²) in [6.45, 7) is 3.87. The Morgan fingerprint density at radius 3 is 2.38 bits per heavy atom. The molecule has 1 aliphatic heterocycles. The Labute approximate surface area is 142 Å². The summed E-state index contributed by atoms with van der Waals surface area (Å²) in [5.41, 5.74) is 4.61. The third-order valence-electron chi connectivity index (χ3n) is 4.47. The standard InChI is InChI=1S/C20H20N4/c21-13-17-7-3-8-18(14-22)20(17)23-10-4-11-24-12-9-16-5-1-2-6-19(16)15-24/h1-3,5-8,23H,4,9-12,15H2. The Balaban J connectivity index is 1.52. The lowest BCUT2D eigenvalue weighted by Gasteiger charge is -2.28. The van der Waals surface area contributed by atoms with E-state index in [1.807, 2.05) is 0 Å². The van der Waals surface area contributed by atoms with Gasteiger partial charge in [-0.25, -0.2) is 0 Å². The summed E-state index contributed by atoms with van der Waals surface area (Å²) in [5.74, 6) is 0. The van der Waals surface area contributed by atoms with Crippen molar-refractivity contribution in [2.75, 3.05) is 25.0 Å². The predicted octanol–water partition coefficient (Wildman–Crippen LogP) is 3.29. The van der Waals surface area contributed by atoms with E-state index in [-0.39, 0.29) is 0 Å². The topological polar surface area (TPSA) is 62.9 Å². The Hall–Kier alpha value is -2.82. The number of anilines is 1. The summed E-state index contributed by atoms with van der Waals surface area (Å²) in [6, 6.07) is 18.2. The molecule has 0 amide bonds. The Kier molecular flexibility index (Phi) is 5.11. The summed E-state index contributed by atoms with van der Waals surface area (Å²) >= 11 is 0. The highest BCUT2D eigenvalue weighted by molar-refractivity contribution is 5.66. The number of benzene rings is 2. The molecule has 0 radical (unpaired) electrons. The van der Waals surface area contributed by atoms with Gasteiger partial charge in [-0.1, -0.05) is 30.3 Å². The minimum absolute atomic E-state index is 0.529. The van der Waals surface area contributed by atoms with Crippen LogP contribution in [0.2, 0.25) is 0 Å². The first-order valence-electron chi connectivity index (χ1n) is 8.28. The monoisotopic (exact) mass is 316 g/mol.